The molecule has 0 bridgehead atoms. The molecule has 2 N–H and O–H groups in total. The average molecular weight is 296 g/mol. The molecule has 3 aromatic heterocycles. The van der Waals surface area contributed by atoms with Crippen LogP contribution in [0.1, 0.15) is 5.69 Å². The monoisotopic (exact) mass is 296 g/mol. The molecule has 112 valence electrons. The van der Waals surface area contributed by atoms with Crippen LogP contribution in [0, 0.1) is 0 Å². The zero-order chi connectivity index (χ0) is 15.1. The second-order valence-corrected chi connectivity index (χ2v) is 5.21. The van der Waals surface area contributed by atoms with Crippen molar-refractivity contribution in [1.82, 2.24) is 34.6 Å². The van der Waals surface area contributed by atoms with Crippen LogP contribution in [0.5, 0.6) is 0 Å². The average Bonchev–Trinajstić information content (AvgIpc) is 3.19. The minimum atomic E-state index is 0.687. The molecule has 4 heterocycles. The number of nitrogens with zero attached hydrogens (tertiary/aromatic N) is 6. The van der Waals surface area contributed by atoms with E-state index >= 15 is 0 Å². The summed E-state index contributed by atoms with van der Waals surface area (Å²) < 4.78 is 3.77. The van der Waals surface area contributed by atoms with E-state index in [1.165, 1.54) is 5.57 Å². The number of nitrogens with one attached hydrogen (secondary N) is 2. The van der Waals surface area contributed by atoms with Gasteiger partial charge >= 0.3 is 0 Å². The first-order chi connectivity index (χ1) is 10.7. The van der Waals surface area contributed by atoms with Gasteiger partial charge in [-0.25, -0.2) is 15.4 Å². The predicted molar refractivity (Wildman–Crippen MR) is 83.2 cm³/mol. The van der Waals surface area contributed by atoms with Gasteiger partial charge < -0.3 is 10.3 Å². The van der Waals surface area contributed by atoms with Gasteiger partial charge in [-0.15, -0.1) is 0 Å². The first-order valence-corrected chi connectivity index (χ1v) is 6.97. The number of hydrogen-bond acceptors (Lipinski definition) is 6. The Balaban J connectivity index is 1.75. The largest absolute Gasteiger partial charge is 0.320 e. The molecule has 0 saturated heterocycles. The fraction of sp³-hybridized carbons (Fsp3) is 0.214. The highest BCUT2D eigenvalue weighted by molar-refractivity contribution is 5.73. The molecule has 22 heavy (non-hydrogen) atoms. The molecule has 0 spiro atoms. The number of anilines is 2. The molecule has 0 amide bonds. The Morgan fingerprint density at radius 2 is 2.14 bits per heavy atom. The maximum Gasteiger partial charge on any atom is 0.180 e. The Morgan fingerprint density at radius 1 is 1.23 bits per heavy atom. The summed E-state index contributed by atoms with van der Waals surface area (Å²) >= 11 is 0. The van der Waals surface area contributed by atoms with Crippen LogP contribution in [0.2, 0.25) is 0 Å². The van der Waals surface area contributed by atoms with Crippen LogP contribution in [-0.4, -0.2) is 42.8 Å². The summed E-state index contributed by atoms with van der Waals surface area (Å²) in [4.78, 5) is 8.88. The van der Waals surface area contributed by atoms with E-state index < -0.39 is 0 Å². The normalized spacial score (nSPS) is 14.6. The van der Waals surface area contributed by atoms with Crippen molar-refractivity contribution in [3.05, 3.63) is 42.7 Å². The third kappa shape index (κ3) is 2.09. The first-order valence-electron chi connectivity index (χ1n) is 6.97. The van der Waals surface area contributed by atoms with E-state index in [-0.39, 0.29) is 0 Å². The molecule has 8 nitrogen and oxygen atoms in total. The predicted octanol–water partition coefficient (Wildman–Crippen LogP) is 0.997. The standard InChI is InChI=1S/C14H16N8/c1-20-5-3-12(19-20)18-13-14-16-8-11(22(14)6-4-15-13)10-7-17-21(2)9-10/h3-6,8-9,17H,7H2,1-2H3,(H,15,18,19). The van der Waals surface area contributed by atoms with Gasteiger partial charge in [-0.1, -0.05) is 0 Å². The smallest absolute Gasteiger partial charge is 0.180 e. The Bertz CT molecular complexity index is 859. The Morgan fingerprint density at radius 3 is 2.86 bits per heavy atom. The molecule has 0 fully saturated rings. The third-order valence-corrected chi connectivity index (χ3v) is 3.59. The Hall–Kier alpha value is -2.87. The van der Waals surface area contributed by atoms with Gasteiger partial charge in [0.1, 0.15) is 0 Å². The van der Waals surface area contributed by atoms with Crippen LogP contribution in [0.3, 0.4) is 0 Å². The summed E-state index contributed by atoms with van der Waals surface area (Å²) in [6.45, 7) is 0.787. The van der Waals surface area contributed by atoms with Crippen molar-refractivity contribution in [2.45, 2.75) is 0 Å². The lowest BCUT2D eigenvalue weighted by Gasteiger charge is -2.05. The van der Waals surface area contributed by atoms with Crippen LogP contribution in [-0.2, 0) is 7.05 Å². The summed E-state index contributed by atoms with van der Waals surface area (Å²) in [7, 11) is 3.86. The van der Waals surface area contributed by atoms with Crippen molar-refractivity contribution in [2.24, 2.45) is 7.05 Å². The SMILES string of the molecule is CN1C=C(c2cnc3c(Nc4ccn(C)n4)nccn23)CN1. The van der Waals surface area contributed by atoms with Crippen LogP contribution in [0.25, 0.3) is 11.2 Å². The number of hydrazine groups is 1. The number of imidazole rings is 1. The van der Waals surface area contributed by atoms with Crippen LogP contribution < -0.4 is 10.7 Å². The molecule has 0 atom stereocenters. The lowest BCUT2D eigenvalue weighted by molar-refractivity contribution is 0.374. The molecule has 0 aromatic carbocycles. The highest BCUT2D eigenvalue weighted by Gasteiger charge is 2.16. The minimum absolute atomic E-state index is 0.687. The van der Waals surface area contributed by atoms with Gasteiger partial charge in [0, 0.05) is 57.1 Å². The van der Waals surface area contributed by atoms with E-state index in [1.807, 2.05) is 48.2 Å². The number of rotatable bonds is 3. The van der Waals surface area contributed by atoms with E-state index in [4.69, 9.17) is 0 Å². The summed E-state index contributed by atoms with van der Waals surface area (Å²) in [5, 5.41) is 9.46. The molecule has 1 aliphatic heterocycles. The highest BCUT2D eigenvalue weighted by Crippen LogP contribution is 2.23. The van der Waals surface area contributed by atoms with E-state index in [0.29, 0.717) is 5.82 Å². The summed E-state index contributed by atoms with van der Waals surface area (Å²) in [5.74, 6) is 1.43. The van der Waals surface area contributed by atoms with Crippen LogP contribution in [0.4, 0.5) is 11.6 Å². The Kier molecular flexibility index (Phi) is 2.83. The molecule has 3 aromatic rings. The fourth-order valence-corrected chi connectivity index (χ4v) is 2.54. The van der Waals surface area contributed by atoms with Crippen molar-refractivity contribution in [1.29, 1.82) is 0 Å². The molecule has 0 saturated carbocycles. The number of aromatic nitrogens is 5. The van der Waals surface area contributed by atoms with Crippen molar-refractivity contribution in [3.63, 3.8) is 0 Å². The first kappa shape index (κ1) is 12.8. The zero-order valence-corrected chi connectivity index (χ0v) is 12.4. The fourth-order valence-electron chi connectivity index (χ4n) is 2.54. The molecule has 0 radical (unpaired) electrons. The van der Waals surface area contributed by atoms with E-state index in [1.54, 1.807) is 10.9 Å². The molecule has 1 aliphatic rings. The van der Waals surface area contributed by atoms with Crippen molar-refractivity contribution in [3.8, 4) is 0 Å². The molecule has 8 heteroatoms. The number of fused-ring (bicyclic) bond motifs is 1. The molecule has 4 rings (SSSR count). The van der Waals surface area contributed by atoms with E-state index in [9.17, 15) is 0 Å². The summed E-state index contributed by atoms with van der Waals surface area (Å²) in [6.07, 6.45) is 9.49. The lowest BCUT2D eigenvalue weighted by Crippen LogP contribution is -2.23. The maximum absolute atomic E-state index is 4.51. The zero-order valence-electron chi connectivity index (χ0n) is 12.4. The lowest BCUT2D eigenvalue weighted by atomic mass is 10.2. The molecule has 0 aliphatic carbocycles. The van der Waals surface area contributed by atoms with Gasteiger partial charge in [0.25, 0.3) is 0 Å². The van der Waals surface area contributed by atoms with Gasteiger partial charge in [-0.05, 0) is 0 Å². The summed E-state index contributed by atoms with van der Waals surface area (Å²) in [5.41, 5.74) is 6.25. The summed E-state index contributed by atoms with van der Waals surface area (Å²) in [6, 6.07) is 1.90. The van der Waals surface area contributed by atoms with Crippen LogP contribution >= 0.6 is 0 Å². The number of hydrogen-bond donors (Lipinski definition) is 2. The second-order valence-electron chi connectivity index (χ2n) is 5.21. The second kappa shape index (κ2) is 4.85. The van der Waals surface area contributed by atoms with Gasteiger partial charge in [-0.3, -0.25) is 9.08 Å². The molecule has 0 unspecified atom stereocenters. The highest BCUT2D eigenvalue weighted by atomic mass is 15.5. The van der Waals surface area contributed by atoms with Crippen molar-refractivity contribution in [2.75, 3.05) is 18.9 Å². The van der Waals surface area contributed by atoms with E-state index in [2.05, 4.69) is 32.0 Å². The molecular formula is C14H16N8. The van der Waals surface area contributed by atoms with Gasteiger partial charge in [0.05, 0.1) is 11.9 Å². The maximum atomic E-state index is 4.51. The third-order valence-electron chi connectivity index (χ3n) is 3.59. The van der Waals surface area contributed by atoms with Gasteiger partial charge in [-0.2, -0.15) is 5.10 Å². The van der Waals surface area contributed by atoms with Gasteiger partial charge in [0.15, 0.2) is 17.3 Å². The van der Waals surface area contributed by atoms with E-state index in [0.717, 1.165) is 23.7 Å². The quantitative estimate of drug-likeness (QED) is 0.751. The minimum Gasteiger partial charge on any atom is -0.320 e. The van der Waals surface area contributed by atoms with Gasteiger partial charge in [0.2, 0.25) is 0 Å². The Labute approximate surface area is 127 Å². The van der Waals surface area contributed by atoms with Crippen LogP contribution in [0.15, 0.2) is 37.1 Å². The van der Waals surface area contributed by atoms with Crippen molar-refractivity contribution < 1.29 is 0 Å². The topological polar surface area (TPSA) is 75.3 Å². The number of aryl methyl sites for hydroxylation is 1. The van der Waals surface area contributed by atoms with Crippen molar-refractivity contribution >= 4 is 22.9 Å². The molecular weight excluding hydrogens is 280 g/mol.